The van der Waals surface area contributed by atoms with Gasteiger partial charge in [-0.15, -0.1) is 0 Å². The number of allylic oxidation sites excluding steroid dienone is 1. The second kappa shape index (κ2) is 5.32. The van der Waals surface area contributed by atoms with Crippen LogP contribution in [0.15, 0.2) is 11.6 Å². The van der Waals surface area contributed by atoms with Gasteiger partial charge in [-0.05, 0) is 45.1 Å². The number of sulfone groups is 1. The first-order valence-corrected chi connectivity index (χ1v) is 8.09. The van der Waals surface area contributed by atoms with Gasteiger partial charge in [-0.2, -0.15) is 0 Å². The van der Waals surface area contributed by atoms with Crippen LogP contribution in [0.3, 0.4) is 0 Å². The first kappa shape index (κ1) is 12.1. The maximum atomic E-state index is 11.3. The Morgan fingerprint density at radius 3 is 2.88 bits per heavy atom. The Bertz CT molecular complexity index is 359. The molecule has 3 nitrogen and oxygen atoms in total. The molecule has 1 heterocycles. The van der Waals surface area contributed by atoms with Gasteiger partial charge in [-0.25, -0.2) is 8.42 Å². The second-order valence-electron chi connectivity index (χ2n) is 4.91. The van der Waals surface area contributed by atoms with Crippen molar-refractivity contribution in [3.8, 4) is 0 Å². The van der Waals surface area contributed by atoms with E-state index in [1.165, 1.54) is 25.7 Å². The minimum Gasteiger partial charge on any atom is -0.313 e. The summed E-state index contributed by atoms with van der Waals surface area (Å²) in [6.07, 6.45) is 9.37. The largest absolute Gasteiger partial charge is 0.313 e. The zero-order valence-electron chi connectivity index (χ0n) is 9.74. The van der Waals surface area contributed by atoms with Crippen LogP contribution >= 0.6 is 0 Å². The number of hydrogen-bond acceptors (Lipinski definition) is 3. The van der Waals surface area contributed by atoms with E-state index in [9.17, 15) is 8.42 Å². The van der Waals surface area contributed by atoms with Crippen molar-refractivity contribution in [2.45, 2.75) is 44.6 Å². The summed E-state index contributed by atoms with van der Waals surface area (Å²) in [5.41, 5.74) is 1.56. The second-order valence-corrected chi connectivity index (χ2v) is 7.14. The Labute approximate surface area is 98.2 Å². The molecule has 1 saturated heterocycles. The first-order valence-electron chi connectivity index (χ1n) is 6.27. The van der Waals surface area contributed by atoms with E-state index in [2.05, 4.69) is 11.4 Å². The molecule has 16 heavy (non-hydrogen) atoms. The lowest BCUT2D eigenvalue weighted by atomic mass is 9.97. The zero-order chi connectivity index (χ0) is 11.4. The molecular formula is C12H21NO2S. The summed E-state index contributed by atoms with van der Waals surface area (Å²) >= 11 is 0. The summed E-state index contributed by atoms with van der Waals surface area (Å²) in [7, 11) is -2.73. The van der Waals surface area contributed by atoms with Gasteiger partial charge in [-0.1, -0.05) is 11.6 Å². The fourth-order valence-electron chi connectivity index (χ4n) is 2.52. The van der Waals surface area contributed by atoms with Gasteiger partial charge in [-0.3, -0.25) is 0 Å². The van der Waals surface area contributed by atoms with Gasteiger partial charge in [0.25, 0.3) is 0 Å². The molecule has 0 aromatic heterocycles. The highest BCUT2D eigenvalue weighted by Gasteiger charge is 2.27. The maximum Gasteiger partial charge on any atom is 0.151 e. The van der Waals surface area contributed by atoms with E-state index in [0.717, 1.165) is 19.4 Å². The molecule has 0 aromatic carbocycles. The van der Waals surface area contributed by atoms with Gasteiger partial charge in [0, 0.05) is 6.04 Å². The van der Waals surface area contributed by atoms with Crippen molar-refractivity contribution in [1.82, 2.24) is 5.32 Å². The van der Waals surface area contributed by atoms with Crippen LogP contribution in [-0.4, -0.2) is 32.5 Å². The van der Waals surface area contributed by atoms with E-state index in [1.807, 2.05) is 0 Å². The predicted molar refractivity (Wildman–Crippen MR) is 66.2 cm³/mol. The molecule has 0 radical (unpaired) electrons. The molecule has 92 valence electrons. The normalized spacial score (nSPS) is 29.0. The highest BCUT2D eigenvalue weighted by atomic mass is 32.2. The molecular weight excluding hydrogens is 222 g/mol. The minimum atomic E-state index is -2.73. The highest BCUT2D eigenvalue weighted by molar-refractivity contribution is 7.91. The van der Waals surface area contributed by atoms with Gasteiger partial charge >= 0.3 is 0 Å². The van der Waals surface area contributed by atoms with Gasteiger partial charge < -0.3 is 5.32 Å². The minimum absolute atomic E-state index is 0.203. The van der Waals surface area contributed by atoms with E-state index in [-0.39, 0.29) is 6.04 Å². The van der Waals surface area contributed by atoms with Crippen LogP contribution in [0.25, 0.3) is 0 Å². The zero-order valence-corrected chi connectivity index (χ0v) is 10.6. The Balaban J connectivity index is 1.67. The Kier molecular flexibility index (Phi) is 4.03. The van der Waals surface area contributed by atoms with Crippen LogP contribution in [0.4, 0.5) is 0 Å². The molecule has 0 saturated carbocycles. The molecule has 0 bridgehead atoms. The highest BCUT2D eigenvalue weighted by Crippen LogP contribution is 2.19. The quantitative estimate of drug-likeness (QED) is 0.764. The number of hydrogen-bond donors (Lipinski definition) is 1. The predicted octanol–water partition coefficient (Wildman–Crippen LogP) is 1.65. The lowest BCUT2D eigenvalue weighted by Crippen LogP contribution is -2.31. The molecule has 1 unspecified atom stereocenters. The fourth-order valence-corrected chi connectivity index (χ4v) is 4.23. The molecule has 1 N–H and O–H groups in total. The molecule has 4 heteroatoms. The summed E-state index contributed by atoms with van der Waals surface area (Å²) in [4.78, 5) is 0. The Hall–Kier alpha value is -0.350. The molecule has 0 amide bonds. The van der Waals surface area contributed by atoms with Crippen molar-refractivity contribution in [2.75, 3.05) is 18.1 Å². The molecule has 2 aliphatic rings. The maximum absolute atomic E-state index is 11.3. The smallest absolute Gasteiger partial charge is 0.151 e. The van der Waals surface area contributed by atoms with Crippen LogP contribution in [0.2, 0.25) is 0 Å². The third-order valence-electron chi connectivity index (χ3n) is 3.50. The standard InChI is InChI=1S/C12H21NO2S/c14-16(15)9-7-12(10-16)13-8-6-11-4-2-1-3-5-11/h4,12-13H,1-3,5-10H2. The van der Waals surface area contributed by atoms with Crippen LogP contribution in [-0.2, 0) is 9.84 Å². The summed E-state index contributed by atoms with van der Waals surface area (Å²) in [5.74, 6) is 0.708. The van der Waals surface area contributed by atoms with Crippen molar-refractivity contribution >= 4 is 9.84 Å². The van der Waals surface area contributed by atoms with E-state index >= 15 is 0 Å². The Morgan fingerprint density at radius 1 is 1.38 bits per heavy atom. The summed E-state index contributed by atoms with van der Waals surface area (Å²) in [6, 6.07) is 0.203. The Morgan fingerprint density at radius 2 is 2.25 bits per heavy atom. The van der Waals surface area contributed by atoms with Crippen LogP contribution in [0.1, 0.15) is 38.5 Å². The number of rotatable bonds is 4. The van der Waals surface area contributed by atoms with Crippen LogP contribution < -0.4 is 5.32 Å². The molecule has 2 rings (SSSR count). The molecule has 1 aliphatic carbocycles. The molecule has 1 aliphatic heterocycles. The molecule has 0 aromatic rings. The van der Waals surface area contributed by atoms with Crippen LogP contribution in [0.5, 0.6) is 0 Å². The third-order valence-corrected chi connectivity index (χ3v) is 5.26. The SMILES string of the molecule is O=S1(=O)CCC(NCCC2=CCCCC2)C1. The van der Waals surface area contributed by atoms with Gasteiger partial charge in [0.05, 0.1) is 11.5 Å². The molecule has 1 fully saturated rings. The van der Waals surface area contributed by atoms with Crippen molar-refractivity contribution in [3.05, 3.63) is 11.6 Å². The van der Waals surface area contributed by atoms with Crippen LogP contribution in [0, 0.1) is 0 Å². The van der Waals surface area contributed by atoms with Gasteiger partial charge in [0.1, 0.15) is 0 Å². The monoisotopic (exact) mass is 243 g/mol. The topological polar surface area (TPSA) is 46.2 Å². The fraction of sp³-hybridized carbons (Fsp3) is 0.833. The van der Waals surface area contributed by atoms with Crippen molar-refractivity contribution in [3.63, 3.8) is 0 Å². The summed E-state index contributed by atoms with van der Waals surface area (Å²) in [6.45, 7) is 0.937. The van der Waals surface area contributed by atoms with Gasteiger partial charge in [0.2, 0.25) is 0 Å². The van der Waals surface area contributed by atoms with Gasteiger partial charge in [0.15, 0.2) is 9.84 Å². The first-order chi connectivity index (χ1) is 7.66. The lowest BCUT2D eigenvalue weighted by Gasteiger charge is -2.15. The summed E-state index contributed by atoms with van der Waals surface area (Å²) in [5, 5.41) is 3.36. The van der Waals surface area contributed by atoms with Crippen molar-refractivity contribution < 1.29 is 8.42 Å². The van der Waals surface area contributed by atoms with E-state index in [4.69, 9.17) is 0 Å². The molecule has 1 atom stereocenters. The average molecular weight is 243 g/mol. The van der Waals surface area contributed by atoms with Crippen molar-refractivity contribution in [2.24, 2.45) is 0 Å². The summed E-state index contributed by atoms with van der Waals surface area (Å²) < 4.78 is 22.5. The average Bonchev–Trinajstić information content (AvgIpc) is 2.60. The van der Waals surface area contributed by atoms with E-state index < -0.39 is 9.84 Å². The van der Waals surface area contributed by atoms with E-state index in [0.29, 0.717) is 11.5 Å². The molecule has 0 spiro atoms. The lowest BCUT2D eigenvalue weighted by molar-refractivity contribution is 0.546. The van der Waals surface area contributed by atoms with E-state index in [1.54, 1.807) is 5.57 Å². The van der Waals surface area contributed by atoms with Crippen molar-refractivity contribution in [1.29, 1.82) is 0 Å². The third kappa shape index (κ3) is 3.59. The number of nitrogens with one attached hydrogen (secondary N) is 1.